The normalized spacial score (nSPS) is 16.7. The van der Waals surface area contributed by atoms with Crippen LogP contribution < -0.4 is 0 Å². The molecule has 0 radical (unpaired) electrons. The molecule has 1 aliphatic rings. The predicted molar refractivity (Wildman–Crippen MR) is 96.3 cm³/mol. The fraction of sp³-hybridized carbons (Fsp3) is 0.368. The summed E-state index contributed by atoms with van der Waals surface area (Å²) in [4.78, 5) is 2.31. The highest BCUT2D eigenvalue weighted by molar-refractivity contribution is 7.89. The van der Waals surface area contributed by atoms with Gasteiger partial charge in [-0.05, 0) is 55.3 Å². The van der Waals surface area contributed by atoms with E-state index in [-0.39, 0.29) is 10.7 Å². The topological polar surface area (TPSA) is 40.6 Å². The van der Waals surface area contributed by atoms with E-state index < -0.39 is 15.8 Å². The van der Waals surface area contributed by atoms with Crippen LogP contribution in [0.4, 0.5) is 8.78 Å². The van der Waals surface area contributed by atoms with Crippen LogP contribution in [0.3, 0.4) is 0 Å². The molecular formula is C19H22F2N2O2S. The third kappa shape index (κ3) is 4.47. The number of hydrogen-bond donors (Lipinski definition) is 0. The molecule has 1 aliphatic heterocycles. The van der Waals surface area contributed by atoms with Gasteiger partial charge in [-0.3, -0.25) is 0 Å². The van der Waals surface area contributed by atoms with Gasteiger partial charge in [-0.15, -0.1) is 0 Å². The molecule has 2 aromatic carbocycles. The monoisotopic (exact) mass is 380 g/mol. The van der Waals surface area contributed by atoms with Crippen LogP contribution >= 0.6 is 0 Å². The van der Waals surface area contributed by atoms with E-state index in [1.807, 2.05) is 6.07 Å². The SMILES string of the molecule is O=S(=O)(c1ccc(F)cc1)N1CCN(CCCc2ccccc2F)CC1. The highest BCUT2D eigenvalue weighted by Crippen LogP contribution is 2.18. The maximum atomic E-state index is 13.6. The van der Waals surface area contributed by atoms with Gasteiger partial charge in [-0.25, -0.2) is 17.2 Å². The van der Waals surface area contributed by atoms with Crippen LogP contribution in [0.15, 0.2) is 53.4 Å². The Balaban J connectivity index is 1.49. The van der Waals surface area contributed by atoms with Crippen LogP contribution in [-0.4, -0.2) is 50.3 Å². The molecule has 0 spiro atoms. The lowest BCUT2D eigenvalue weighted by molar-refractivity contribution is 0.186. The number of rotatable bonds is 6. The van der Waals surface area contributed by atoms with Crippen molar-refractivity contribution in [3.05, 3.63) is 65.7 Å². The van der Waals surface area contributed by atoms with Gasteiger partial charge in [0, 0.05) is 26.2 Å². The summed E-state index contributed by atoms with van der Waals surface area (Å²) in [6.07, 6.45) is 1.49. The Morgan fingerprint density at radius 1 is 0.885 bits per heavy atom. The summed E-state index contributed by atoms with van der Waals surface area (Å²) in [7, 11) is -3.58. The number of benzene rings is 2. The van der Waals surface area contributed by atoms with Gasteiger partial charge < -0.3 is 4.90 Å². The summed E-state index contributed by atoms with van der Waals surface area (Å²) in [6.45, 7) is 2.88. The second kappa shape index (κ2) is 8.24. The zero-order valence-electron chi connectivity index (χ0n) is 14.4. The third-order valence-corrected chi connectivity index (χ3v) is 6.57. The van der Waals surface area contributed by atoms with E-state index in [4.69, 9.17) is 0 Å². The van der Waals surface area contributed by atoms with Crippen LogP contribution in [-0.2, 0) is 16.4 Å². The summed E-state index contributed by atoms with van der Waals surface area (Å²) in [5, 5.41) is 0. The fourth-order valence-corrected chi connectivity index (χ4v) is 4.57. The van der Waals surface area contributed by atoms with E-state index in [1.54, 1.807) is 12.1 Å². The van der Waals surface area contributed by atoms with Crippen molar-refractivity contribution in [2.45, 2.75) is 17.7 Å². The second-order valence-corrected chi connectivity index (χ2v) is 8.33. The van der Waals surface area contributed by atoms with Crippen molar-refractivity contribution in [3.63, 3.8) is 0 Å². The quantitative estimate of drug-likeness (QED) is 0.774. The second-order valence-electron chi connectivity index (χ2n) is 6.39. The molecule has 1 saturated heterocycles. The molecular weight excluding hydrogens is 358 g/mol. The smallest absolute Gasteiger partial charge is 0.243 e. The van der Waals surface area contributed by atoms with Gasteiger partial charge in [0.2, 0.25) is 10.0 Å². The summed E-state index contributed by atoms with van der Waals surface area (Å²) in [5.74, 6) is -0.633. The Bertz CT molecular complexity index is 833. The van der Waals surface area contributed by atoms with Crippen molar-refractivity contribution in [1.82, 2.24) is 9.21 Å². The Morgan fingerprint density at radius 3 is 2.19 bits per heavy atom. The third-order valence-electron chi connectivity index (χ3n) is 4.66. The number of piperazine rings is 1. The molecule has 0 bridgehead atoms. The fourth-order valence-electron chi connectivity index (χ4n) is 3.14. The Morgan fingerprint density at radius 2 is 1.54 bits per heavy atom. The van der Waals surface area contributed by atoms with Crippen LogP contribution in [0.2, 0.25) is 0 Å². The summed E-state index contributed by atoms with van der Waals surface area (Å²) < 4.78 is 53.2. The van der Waals surface area contributed by atoms with Crippen molar-refractivity contribution in [2.24, 2.45) is 0 Å². The molecule has 0 N–H and O–H groups in total. The average Bonchev–Trinajstić information content (AvgIpc) is 2.64. The summed E-state index contributed by atoms with van der Waals surface area (Å²) in [6, 6.07) is 11.7. The van der Waals surface area contributed by atoms with Crippen LogP contribution in [0, 0.1) is 11.6 Å². The lowest BCUT2D eigenvalue weighted by Gasteiger charge is -2.34. The van der Waals surface area contributed by atoms with Crippen molar-refractivity contribution >= 4 is 10.0 Å². The summed E-state index contributed by atoms with van der Waals surface area (Å²) in [5.41, 5.74) is 0.713. The minimum atomic E-state index is -3.58. The van der Waals surface area contributed by atoms with Gasteiger partial charge >= 0.3 is 0 Å². The molecule has 0 unspecified atom stereocenters. The lowest BCUT2D eigenvalue weighted by Crippen LogP contribution is -2.48. The van der Waals surface area contributed by atoms with Gasteiger partial charge in [0.25, 0.3) is 0 Å². The molecule has 0 aliphatic carbocycles. The predicted octanol–water partition coefficient (Wildman–Crippen LogP) is 2.90. The molecule has 1 fully saturated rings. The first-order chi connectivity index (χ1) is 12.5. The Labute approximate surface area is 153 Å². The standard InChI is InChI=1S/C19H22F2N2O2S/c20-17-7-9-18(10-8-17)26(24,25)23-14-12-22(13-15-23)11-3-5-16-4-1-2-6-19(16)21/h1-2,4,6-10H,3,5,11-15H2. The largest absolute Gasteiger partial charge is 0.301 e. The maximum absolute atomic E-state index is 13.6. The lowest BCUT2D eigenvalue weighted by atomic mass is 10.1. The van der Waals surface area contributed by atoms with Crippen molar-refractivity contribution < 1.29 is 17.2 Å². The van der Waals surface area contributed by atoms with Crippen LogP contribution in [0.25, 0.3) is 0 Å². The van der Waals surface area contributed by atoms with E-state index in [0.29, 0.717) is 38.2 Å². The minimum absolute atomic E-state index is 0.118. The zero-order chi connectivity index (χ0) is 18.6. The van der Waals surface area contributed by atoms with Crippen molar-refractivity contribution in [1.29, 1.82) is 0 Å². The minimum Gasteiger partial charge on any atom is -0.301 e. The van der Waals surface area contributed by atoms with E-state index in [2.05, 4.69) is 4.90 Å². The molecule has 3 rings (SSSR count). The molecule has 4 nitrogen and oxygen atoms in total. The van der Waals surface area contributed by atoms with Gasteiger partial charge in [0.1, 0.15) is 11.6 Å². The molecule has 140 valence electrons. The highest BCUT2D eigenvalue weighted by atomic mass is 32.2. The van der Waals surface area contributed by atoms with Crippen LogP contribution in [0.5, 0.6) is 0 Å². The first kappa shape index (κ1) is 18.9. The molecule has 26 heavy (non-hydrogen) atoms. The van der Waals surface area contributed by atoms with Crippen molar-refractivity contribution in [2.75, 3.05) is 32.7 Å². The number of hydrogen-bond acceptors (Lipinski definition) is 3. The zero-order valence-corrected chi connectivity index (χ0v) is 15.3. The van der Waals surface area contributed by atoms with E-state index in [9.17, 15) is 17.2 Å². The molecule has 0 amide bonds. The number of sulfonamides is 1. The average molecular weight is 380 g/mol. The number of halogens is 2. The molecule has 0 atom stereocenters. The van der Waals surface area contributed by atoms with Gasteiger partial charge in [0.15, 0.2) is 0 Å². The Kier molecular flexibility index (Phi) is 6.01. The molecule has 0 saturated carbocycles. The first-order valence-corrected chi connectivity index (χ1v) is 10.1. The summed E-state index contributed by atoms with van der Waals surface area (Å²) >= 11 is 0. The number of nitrogens with zero attached hydrogens (tertiary/aromatic N) is 2. The molecule has 0 aromatic heterocycles. The van der Waals surface area contributed by atoms with Gasteiger partial charge in [-0.1, -0.05) is 18.2 Å². The molecule has 2 aromatic rings. The van der Waals surface area contributed by atoms with E-state index in [0.717, 1.165) is 25.1 Å². The van der Waals surface area contributed by atoms with E-state index >= 15 is 0 Å². The highest BCUT2D eigenvalue weighted by Gasteiger charge is 2.28. The van der Waals surface area contributed by atoms with Crippen molar-refractivity contribution in [3.8, 4) is 0 Å². The maximum Gasteiger partial charge on any atom is 0.243 e. The Hall–Kier alpha value is -1.83. The molecule has 1 heterocycles. The first-order valence-electron chi connectivity index (χ1n) is 8.68. The van der Waals surface area contributed by atoms with Gasteiger partial charge in [-0.2, -0.15) is 4.31 Å². The number of aryl methyl sites for hydroxylation is 1. The van der Waals surface area contributed by atoms with Gasteiger partial charge in [0.05, 0.1) is 4.90 Å². The van der Waals surface area contributed by atoms with Crippen LogP contribution in [0.1, 0.15) is 12.0 Å². The van der Waals surface area contributed by atoms with E-state index in [1.165, 1.54) is 22.5 Å². The molecule has 7 heteroatoms.